The average molecular weight is 475 g/mol. The minimum Gasteiger partial charge on any atom is -0.488 e. The molecule has 0 aliphatic heterocycles. The molecular formula is C22H21BrClN3O2. The van der Waals surface area contributed by atoms with Gasteiger partial charge in [-0.1, -0.05) is 54.0 Å². The summed E-state index contributed by atoms with van der Waals surface area (Å²) >= 11 is 9.68. The monoisotopic (exact) mass is 473 g/mol. The highest BCUT2D eigenvalue weighted by molar-refractivity contribution is 9.10. The van der Waals surface area contributed by atoms with Crippen LogP contribution in [-0.2, 0) is 0 Å². The zero-order valence-electron chi connectivity index (χ0n) is 16.2. The molecule has 5 nitrogen and oxygen atoms in total. The van der Waals surface area contributed by atoms with Gasteiger partial charge in [0.1, 0.15) is 18.2 Å². The van der Waals surface area contributed by atoms with Gasteiger partial charge in [0.05, 0.1) is 22.1 Å². The van der Waals surface area contributed by atoms with Crippen molar-refractivity contribution in [2.75, 3.05) is 6.61 Å². The molecule has 0 N–H and O–H groups in total. The smallest absolute Gasteiger partial charge is 0.282 e. The quantitative estimate of drug-likeness (QED) is 0.322. The molecule has 0 bridgehead atoms. The highest BCUT2D eigenvalue weighted by atomic mass is 79.9. The number of rotatable bonds is 7. The van der Waals surface area contributed by atoms with Gasteiger partial charge in [-0.2, -0.15) is 9.78 Å². The van der Waals surface area contributed by atoms with Crippen molar-refractivity contribution in [1.82, 2.24) is 9.66 Å². The first kappa shape index (κ1) is 21.3. The summed E-state index contributed by atoms with van der Waals surface area (Å²) in [5.41, 5.74) is 1.20. The number of hydrogen-bond acceptors (Lipinski definition) is 4. The molecule has 3 aromatic rings. The Labute approximate surface area is 182 Å². The fraction of sp³-hybridized carbons (Fsp3) is 0.227. The van der Waals surface area contributed by atoms with Crippen LogP contribution in [0.15, 0.2) is 63.4 Å². The Morgan fingerprint density at radius 2 is 2.14 bits per heavy atom. The molecule has 0 radical (unpaired) electrons. The molecule has 0 saturated carbocycles. The summed E-state index contributed by atoms with van der Waals surface area (Å²) in [5, 5.41) is 5.42. The highest BCUT2D eigenvalue weighted by Crippen LogP contribution is 2.25. The van der Waals surface area contributed by atoms with Crippen molar-refractivity contribution in [3.63, 3.8) is 0 Å². The van der Waals surface area contributed by atoms with Gasteiger partial charge in [-0.05, 0) is 48.4 Å². The predicted octanol–water partition coefficient (Wildman–Crippen LogP) is 5.77. The second-order valence-electron chi connectivity index (χ2n) is 6.59. The van der Waals surface area contributed by atoms with Crippen LogP contribution in [0.2, 0.25) is 5.02 Å². The van der Waals surface area contributed by atoms with Gasteiger partial charge in [0, 0.05) is 10.4 Å². The van der Waals surface area contributed by atoms with E-state index >= 15 is 0 Å². The van der Waals surface area contributed by atoms with Crippen molar-refractivity contribution in [1.29, 1.82) is 0 Å². The van der Waals surface area contributed by atoms with Crippen LogP contribution in [0.5, 0.6) is 5.75 Å². The normalized spacial score (nSPS) is 12.4. The summed E-state index contributed by atoms with van der Waals surface area (Å²) in [7, 11) is 0. The van der Waals surface area contributed by atoms with Crippen molar-refractivity contribution < 1.29 is 4.74 Å². The van der Waals surface area contributed by atoms with E-state index in [4.69, 9.17) is 21.3 Å². The van der Waals surface area contributed by atoms with E-state index in [0.717, 1.165) is 16.5 Å². The van der Waals surface area contributed by atoms with E-state index in [1.54, 1.807) is 30.5 Å². The summed E-state index contributed by atoms with van der Waals surface area (Å²) in [6.07, 6.45) is 4.09. The molecule has 0 amide bonds. The summed E-state index contributed by atoms with van der Waals surface area (Å²) in [5.74, 6) is 1.27. The van der Waals surface area contributed by atoms with Crippen molar-refractivity contribution in [3.05, 3.63) is 80.3 Å². The largest absolute Gasteiger partial charge is 0.488 e. The van der Waals surface area contributed by atoms with Gasteiger partial charge < -0.3 is 4.74 Å². The Hall–Kier alpha value is -2.44. The van der Waals surface area contributed by atoms with E-state index in [2.05, 4.69) is 34.5 Å². The van der Waals surface area contributed by atoms with Gasteiger partial charge in [0.2, 0.25) is 0 Å². The molecule has 1 heterocycles. The number of aromatic nitrogens is 2. The lowest BCUT2D eigenvalue weighted by Gasteiger charge is -2.14. The molecule has 0 aliphatic carbocycles. The van der Waals surface area contributed by atoms with E-state index < -0.39 is 0 Å². The summed E-state index contributed by atoms with van der Waals surface area (Å²) in [4.78, 5) is 17.8. The minimum atomic E-state index is -0.208. The third-order valence-corrected chi connectivity index (χ3v) is 5.31. The highest BCUT2D eigenvalue weighted by Gasteiger charge is 2.15. The molecular weight excluding hydrogens is 454 g/mol. The lowest BCUT2D eigenvalue weighted by molar-refractivity contribution is 0.363. The first-order valence-electron chi connectivity index (χ1n) is 9.24. The molecule has 0 fully saturated rings. The molecule has 3 rings (SSSR count). The van der Waals surface area contributed by atoms with Gasteiger partial charge in [-0.25, -0.2) is 4.98 Å². The van der Waals surface area contributed by atoms with Crippen LogP contribution in [-0.4, -0.2) is 22.5 Å². The van der Waals surface area contributed by atoms with E-state index in [9.17, 15) is 4.79 Å². The molecule has 7 heteroatoms. The Morgan fingerprint density at radius 1 is 1.34 bits per heavy atom. The molecule has 0 aliphatic rings. The Kier molecular flexibility index (Phi) is 6.87. The number of nitrogens with zero attached hydrogens (tertiary/aromatic N) is 3. The molecule has 1 aromatic heterocycles. The maximum Gasteiger partial charge on any atom is 0.282 e. The van der Waals surface area contributed by atoms with Crippen LogP contribution in [0.25, 0.3) is 10.9 Å². The lowest BCUT2D eigenvalue weighted by Crippen LogP contribution is -2.23. The topological polar surface area (TPSA) is 56.5 Å². The summed E-state index contributed by atoms with van der Waals surface area (Å²) in [6.45, 7) is 8.08. The maximum absolute atomic E-state index is 13.1. The Bertz CT molecular complexity index is 1140. The number of ether oxygens (including phenoxy) is 1. The number of halogens is 2. The van der Waals surface area contributed by atoms with Crippen molar-refractivity contribution in [2.45, 2.75) is 26.2 Å². The number of fused-ring (bicyclic) bond motifs is 1. The van der Waals surface area contributed by atoms with E-state index in [1.807, 2.05) is 25.1 Å². The van der Waals surface area contributed by atoms with Crippen molar-refractivity contribution in [2.24, 2.45) is 5.10 Å². The first-order valence-corrected chi connectivity index (χ1v) is 10.4. The van der Waals surface area contributed by atoms with Gasteiger partial charge in [0.25, 0.3) is 5.56 Å². The Morgan fingerprint density at radius 3 is 2.83 bits per heavy atom. The fourth-order valence-corrected chi connectivity index (χ4v) is 3.37. The molecule has 0 saturated heterocycles. The molecule has 0 unspecified atom stereocenters. The third kappa shape index (κ3) is 4.77. The third-order valence-electron chi connectivity index (χ3n) is 4.52. The lowest BCUT2D eigenvalue weighted by atomic mass is 10.1. The molecule has 0 spiro atoms. The predicted molar refractivity (Wildman–Crippen MR) is 123 cm³/mol. The fourth-order valence-electron chi connectivity index (χ4n) is 2.77. The zero-order valence-corrected chi connectivity index (χ0v) is 18.6. The number of benzene rings is 2. The SMILES string of the molecule is C=CCOc1ccc(C=Nn2c([C@@H](C)CC)nc3ccc(Br)cc3c2=O)cc1Cl. The van der Waals surface area contributed by atoms with Crippen LogP contribution in [0.3, 0.4) is 0 Å². The van der Waals surface area contributed by atoms with Crippen molar-refractivity contribution >= 4 is 44.6 Å². The first-order chi connectivity index (χ1) is 13.9. The van der Waals surface area contributed by atoms with Crippen LogP contribution in [0.4, 0.5) is 0 Å². The zero-order chi connectivity index (χ0) is 21.0. The Balaban J connectivity index is 2.06. The molecule has 29 heavy (non-hydrogen) atoms. The average Bonchev–Trinajstić information content (AvgIpc) is 2.72. The summed E-state index contributed by atoms with van der Waals surface area (Å²) < 4.78 is 7.67. The second kappa shape index (κ2) is 9.37. The van der Waals surface area contributed by atoms with E-state index in [-0.39, 0.29) is 11.5 Å². The van der Waals surface area contributed by atoms with Crippen LogP contribution in [0.1, 0.15) is 37.6 Å². The van der Waals surface area contributed by atoms with Crippen LogP contribution in [0, 0.1) is 0 Å². The second-order valence-corrected chi connectivity index (χ2v) is 7.91. The van der Waals surface area contributed by atoms with Crippen LogP contribution >= 0.6 is 27.5 Å². The van der Waals surface area contributed by atoms with Crippen LogP contribution < -0.4 is 10.3 Å². The van der Waals surface area contributed by atoms with Gasteiger partial charge >= 0.3 is 0 Å². The van der Waals surface area contributed by atoms with Gasteiger partial charge in [-0.15, -0.1) is 0 Å². The molecule has 1 atom stereocenters. The summed E-state index contributed by atoms with van der Waals surface area (Å²) in [6, 6.07) is 10.8. The van der Waals surface area contributed by atoms with E-state index in [1.165, 1.54) is 4.68 Å². The maximum atomic E-state index is 13.1. The number of hydrogen-bond donors (Lipinski definition) is 0. The molecule has 2 aromatic carbocycles. The van der Waals surface area contributed by atoms with Gasteiger partial charge in [0.15, 0.2) is 0 Å². The van der Waals surface area contributed by atoms with E-state index in [0.29, 0.717) is 34.1 Å². The standard InChI is InChI=1S/C22H21BrClN3O2/c1-4-10-29-20-9-6-15(11-18(20)24)13-25-27-21(14(3)5-2)26-19-8-7-16(23)12-17(19)22(27)28/h4,6-9,11-14H,1,5,10H2,2-3H3/t14-/m0/s1. The van der Waals surface area contributed by atoms with Crippen molar-refractivity contribution in [3.8, 4) is 5.75 Å². The molecule has 150 valence electrons. The minimum absolute atomic E-state index is 0.0752. The van der Waals surface area contributed by atoms with Gasteiger partial charge in [-0.3, -0.25) is 4.79 Å².